The second-order valence-electron chi connectivity index (χ2n) is 13.3. The van der Waals surface area contributed by atoms with Crippen LogP contribution >= 0.6 is 11.6 Å². The number of carbonyl (C=O) groups is 2. The molecule has 3 aliphatic rings. The number of sulfonamides is 1. The van der Waals surface area contributed by atoms with Crippen molar-refractivity contribution in [2.24, 2.45) is 25.9 Å². The molecule has 18 heteroatoms. The largest absolute Gasteiger partial charge is 0.481 e. The maximum absolute atomic E-state index is 13.2. The van der Waals surface area contributed by atoms with Gasteiger partial charge < -0.3 is 24.8 Å². The number of hydrogen-bond donors (Lipinski definition) is 2. The number of carbonyl (C=O) groups excluding carboxylic acids is 1. The first kappa shape index (κ1) is 37.0. The quantitative estimate of drug-likeness (QED) is 0.292. The summed E-state index contributed by atoms with van der Waals surface area (Å²) in [5.41, 5.74) is 0.407. The molecule has 0 saturated carbocycles. The molecule has 3 aliphatic heterocycles. The average molecular weight is 756 g/mol. The highest BCUT2D eigenvalue weighted by Gasteiger charge is 2.35. The summed E-state index contributed by atoms with van der Waals surface area (Å²) in [6.07, 6.45) is 2.64. The first-order valence-corrected chi connectivity index (χ1v) is 19.0. The lowest BCUT2D eigenvalue weighted by atomic mass is 9.95. The third-order valence-electron chi connectivity index (χ3n) is 9.96. The number of nitrogens with one attached hydrogen (secondary N) is 1. The zero-order chi connectivity index (χ0) is 37.2. The predicted molar refractivity (Wildman–Crippen MR) is 195 cm³/mol. The van der Waals surface area contributed by atoms with E-state index in [1.54, 1.807) is 55.4 Å². The number of piperidine rings is 2. The third kappa shape index (κ3) is 8.16. The number of anilines is 2. The fourth-order valence-corrected chi connectivity index (χ4v) is 8.41. The third-order valence-corrected chi connectivity index (χ3v) is 12.0. The van der Waals surface area contributed by atoms with Crippen LogP contribution in [-0.4, -0.2) is 112 Å². The number of nitrogens with zero attached hydrogens (tertiary/aromatic N) is 8. The highest BCUT2D eigenvalue weighted by atomic mass is 35.5. The molecule has 7 rings (SSSR count). The van der Waals surface area contributed by atoms with E-state index < -0.39 is 16.0 Å². The molecule has 278 valence electrons. The molecule has 3 saturated heterocycles. The van der Waals surface area contributed by atoms with Crippen molar-refractivity contribution < 1.29 is 23.1 Å². The van der Waals surface area contributed by atoms with Gasteiger partial charge in [-0.1, -0.05) is 11.6 Å². The minimum atomic E-state index is -3.70. The second kappa shape index (κ2) is 15.5. The van der Waals surface area contributed by atoms with Crippen molar-refractivity contribution in [1.82, 2.24) is 33.8 Å². The summed E-state index contributed by atoms with van der Waals surface area (Å²) in [6.45, 7) is 3.94. The number of rotatable bonds is 6. The molecule has 0 unspecified atom stereocenters. The number of carboxylic acid groups (broad SMARTS) is 1. The SMILES string of the molecule is Cn1nc(N2CCC(C(=O)N3CCN(S(=O)(=O)c4cc5cc(Cl)ccc5[nH]4)CC3)CC2)ccc1=O.Cn1nc(N2CCC(C(=O)O)CC2)ccc1=O. The zero-order valence-corrected chi connectivity index (χ0v) is 30.6. The van der Waals surface area contributed by atoms with Gasteiger partial charge in [-0.15, -0.1) is 0 Å². The van der Waals surface area contributed by atoms with Crippen LogP contribution < -0.4 is 20.9 Å². The lowest BCUT2D eigenvalue weighted by molar-refractivity contribution is -0.142. The first-order chi connectivity index (χ1) is 24.8. The molecule has 1 amide bonds. The molecule has 0 radical (unpaired) electrons. The van der Waals surface area contributed by atoms with Gasteiger partial charge in [-0.25, -0.2) is 17.8 Å². The fourth-order valence-electron chi connectivity index (χ4n) is 6.79. The summed E-state index contributed by atoms with van der Waals surface area (Å²) in [5.74, 6) is 0.472. The number of aryl methyl sites for hydroxylation is 2. The maximum atomic E-state index is 13.2. The Labute approximate surface area is 305 Å². The number of H-pyrrole nitrogens is 1. The van der Waals surface area contributed by atoms with Crippen molar-refractivity contribution in [2.75, 3.05) is 62.2 Å². The van der Waals surface area contributed by atoms with Crippen LogP contribution in [0.2, 0.25) is 5.02 Å². The van der Waals surface area contributed by atoms with Gasteiger partial charge in [0.2, 0.25) is 5.91 Å². The van der Waals surface area contributed by atoms with E-state index in [-0.39, 0.29) is 47.0 Å². The van der Waals surface area contributed by atoms with E-state index in [4.69, 9.17) is 16.7 Å². The van der Waals surface area contributed by atoms with Crippen LogP contribution in [0.5, 0.6) is 0 Å². The summed E-state index contributed by atoms with van der Waals surface area (Å²) in [5, 5.41) is 18.8. The van der Waals surface area contributed by atoms with Crippen LogP contribution in [0.1, 0.15) is 25.7 Å². The summed E-state index contributed by atoms with van der Waals surface area (Å²) in [7, 11) is -0.469. The summed E-state index contributed by atoms with van der Waals surface area (Å²) in [6, 6.07) is 13.2. The first-order valence-electron chi connectivity index (χ1n) is 17.2. The summed E-state index contributed by atoms with van der Waals surface area (Å²) >= 11 is 6.02. The Morgan fingerprint density at radius 2 is 1.27 bits per heavy atom. The van der Waals surface area contributed by atoms with Crippen molar-refractivity contribution in [2.45, 2.75) is 30.7 Å². The Bertz CT molecular complexity index is 2160. The molecule has 52 heavy (non-hydrogen) atoms. The van der Waals surface area contributed by atoms with Gasteiger partial charge >= 0.3 is 5.97 Å². The molecule has 16 nitrogen and oxygen atoms in total. The number of piperazine rings is 1. The molecule has 6 heterocycles. The van der Waals surface area contributed by atoms with Crippen molar-refractivity contribution in [3.63, 3.8) is 0 Å². The van der Waals surface area contributed by atoms with E-state index in [0.29, 0.717) is 75.5 Å². The van der Waals surface area contributed by atoms with Crippen molar-refractivity contribution in [1.29, 1.82) is 0 Å². The Morgan fingerprint density at radius 1 is 0.750 bits per heavy atom. The topological polar surface area (TPSA) is 187 Å². The number of aliphatic carboxylic acids is 1. The monoisotopic (exact) mass is 755 g/mol. The Kier molecular flexibility index (Phi) is 11.0. The second-order valence-corrected chi connectivity index (χ2v) is 15.6. The van der Waals surface area contributed by atoms with E-state index in [2.05, 4.69) is 20.1 Å². The van der Waals surface area contributed by atoms with Gasteiger partial charge in [0.05, 0.1) is 5.92 Å². The number of carboxylic acids is 1. The van der Waals surface area contributed by atoms with Gasteiger partial charge in [0, 0.05) is 100 Å². The molecule has 0 spiro atoms. The van der Waals surface area contributed by atoms with E-state index in [0.717, 1.165) is 17.0 Å². The van der Waals surface area contributed by atoms with Crippen LogP contribution in [0, 0.1) is 11.8 Å². The number of aromatic nitrogens is 5. The van der Waals surface area contributed by atoms with Crippen molar-refractivity contribution >= 4 is 56.0 Å². The van der Waals surface area contributed by atoms with Crippen LogP contribution in [-0.2, 0) is 33.7 Å². The minimum Gasteiger partial charge on any atom is -0.481 e. The zero-order valence-electron chi connectivity index (χ0n) is 29.0. The van der Waals surface area contributed by atoms with Gasteiger partial charge in [0.25, 0.3) is 21.1 Å². The fraction of sp³-hybridized carbons (Fsp3) is 0.471. The molecule has 2 N–H and O–H groups in total. The van der Waals surface area contributed by atoms with Gasteiger partial charge in [-0.3, -0.25) is 19.2 Å². The molecule has 0 aliphatic carbocycles. The highest BCUT2D eigenvalue weighted by molar-refractivity contribution is 7.89. The molecule has 3 fully saturated rings. The van der Waals surface area contributed by atoms with Crippen LogP contribution in [0.3, 0.4) is 0 Å². The number of hydrogen-bond acceptors (Lipinski definition) is 10. The van der Waals surface area contributed by atoms with Gasteiger partial charge in [-0.2, -0.15) is 14.5 Å². The van der Waals surface area contributed by atoms with Crippen molar-refractivity contribution in [3.05, 3.63) is 74.3 Å². The van der Waals surface area contributed by atoms with Gasteiger partial charge in [-0.05, 0) is 62.1 Å². The van der Waals surface area contributed by atoms with E-state index in [9.17, 15) is 27.6 Å². The van der Waals surface area contributed by atoms with Crippen LogP contribution in [0.15, 0.2) is 63.1 Å². The summed E-state index contributed by atoms with van der Waals surface area (Å²) < 4.78 is 30.4. The number of fused-ring (bicyclic) bond motifs is 1. The molecule has 0 atom stereocenters. The predicted octanol–water partition coefficient (Wildman–Crippen LogP) is 1.75. The van der Waals surface area contributed by atoms with Gasteiger partial charge in [0.1, 0.15) is 16.7 Å². The number of benzene rings is 1. The lowest BCUT2D eigenvalue weighted by Crippen LogP contribution is -2.53. The van der Waals surface area contributed by atoms with E-state index in [1.165, 1.54) is 25.8 Å². The normalized spacial score (nSPS) is 17.9. The lowest BCUT2D eigenvalue weighted by Gasteiger charge is -2.38. The van der Waals surface area contributed by atoms with Crippen molar-refractivity contribution in [3.8, 4) is 0 Å². The van der Waals surface area contributed by atoms with E-state index >= 15 is 0 Å². The summed E-state index contributed by atoms with van der Waals surface area (Å²) in [4.78, 5) is 55.6. The molecular weight excluding hydrogens is 714 g/mol. The Balaban J connectivity index is 0.000000229. The molecule has 4 aromatic rings. The molecule has 3 aromatic heterocycles. The van der Waals surface area contributed by atoms with Crippen LogP contribution in [0.25, 0.3) is 10.9 Å². The van der Waals surface area contributed by atoms with E-state index in [1.807, 2.05) is 4.90 Å². The van der Waals surface area contributed by atoms with Crippen LogP contribution in [0.4, 0.5) is 11.6 Å². The average Bonchev–Trinajstić information content (AvgIpc) is 3.58. The molecule has 1 aromatic carbocycles. The smallest absolute Gasteiger partial charge is 0.306 e. The minimum absolute atomic E-state index is 0.0790. The number of halogens is 1. The standard InChI is InChI=1S/C23H27ClN6O4S.C11H15N3O3/c1-27-22(31)5-4-20(26-27)28-8-6-16(7-9-28)23(32)29-10-12-30(13-11-29)35(33,34)21-15-17-14-18(24)2-3-19(17)25-21;1-13-10(15)3-2-9(12-13)14-6-4-8(5-7-14)11(16)17/h2-5,14-16,25H,6-13H2,1H3;2-3,8H,4-7H2,1H3,(H,16,17). The number of amides is 1. The Morgan fingerprint density at radius 3 is 1.77 bits per heavy atom. The maximum Gasteiger partial charge on any atom is 0.306 e. The number of aromatic amines is 1. The molecule has 0 bridgehead atoms. The molecular formula is C34H42ClN9O7S. The Hall–Kier alpha value is -4.74. The highest BCUT2D eigenvalue weighted by Crippen LogP contribution is 2.27. The van der Waals surface area contributed by atoms with Gasteiger partial charge in [0.15, 0.2) is 0 Å².